The summed E-state index contributed by atoms with van der Waals surface area (Å²) in [6.45, 7) is 3.63. The maximum Gasteiger partial charge on any atom is 0.238 e. The van der Waals surface area contributed by atoms with Gasteiger partial charge in [0.05, 0.1) is 22.9 Å². The quantitative estimate of drug-likeness (QED) is 0.522. The van der Waals surface area contributed by atoms with E-state index in [1.165, 1.54) is 4.90 Å². The second-order valence-electron chi connectivity index (χ2n) is 6.78. The van der Waals surface area contributed by atoms with Crippen LogP contribution in [0.3, 0.4) is 0 Å². The Hall–Kier alpha value is -1.80. The predicted octanol–water partition coefficient (Wildman–Crippen LogP) is 4.41. The fraction of sp³-hybridized carbons (Fsp3) is 0.333. The first kappa shape index (κ1) is 21.9. The van der Waals surface area contributed by atoms with E-state index >= 15 is 0 Å². The molecule has 5 nitrogen and oxygen atoms in total. The summed E-state index contributed by atoms with van der Waals surface area (Å²) in [6, 6.07) is 15.4. The standard InChI is InChI=1S/C21H25ClN4OS2/c1-29-19-10-5-4-9-18(19)24-21(28)26-12-6-11-25(13-14-26)15-20(27)23-17-8-3-2-7-16(17)22/h2-5,7-10H,6,11-15H2,1H3,(H,23,27)(H,24,28). The molecule has 8 heteroatoms. The lowest BCUT2D eigenvalue weighted by molar-refractivity contribution is -0.117. The number of thioether (sulfide) groups is 1. The number of nitrogens with one attached hydrogen (secondary N) is 2. The van der Waals surface area contributed by atoms with Gasteiger partial charge < -0.3 is 15.5 Å². The number of nitrogens with zero attached hydrogens (tertiary/aromatic N) is 2. The van der Waals surface area contributed by atoms with Crippen LogP contribution in [-0.4, -0.2) is 59.8 Å². The van der Waals surface area contributed by atoms with Gasteiger partial charge in [-0.3, -0.25) is 9.69 Å². The average Bonchev–Trinajstić information content (AvgIpc) is 2.96. The Morgan fingerprint density at radius 1 is 1.03 bits per heavy atom. The lowest BCUT2D eigenvalue weighted by atomic mass is 10.3. The highest BCUT2D eigenvalue weighted by Gasteiger charge is 2.19. The molecule has 1 aliphatic heterocycles. The number of para-hydroxylation sites is 2. The summed E-state index contributed by atoms with van der Waals surface area (Å²) in [5.41, 5.74) is 1.68. The number of hydrogen-bond acceptors (Lipinski definition) is 4. The number of carbonyl (C=O) groups excluding carboxylic acids is 1. The van der Waals surface area contributed by atoms with E-state index < -0.39 is 0 Å². The molecular formula is C21H25ClN4OS2. The van der Waals surface area contributed by atoms with Crippen LogP contribution in [0.5, 0.6) is 0 Å². The third kappa shape index (κ3) is 6.34. The zero-order valence-corrected chi connectivity index (χ0v) is 18.7. The second kappa shape index (κ2) is 10.8. The molecule has 3 rings (SSSR count). The number of hydrogen-bond donors (Lipinski definition) is 2. The molecule has 154 valence electrons. The number of rotatable bonds is 5. The van der Waals surface area contributed by atoms with E-state index in [9.17, 15) is 4.79 Å². The fourth-order valence-electron chi connectivity index (χ4n) is 3.23. The van der Waals surface area contributed by atoms with Crippen molar-refractivity contribution in [1.29, 1.82) is 0 Å². The molecule has 2 aromatic carbocycles. The topological polar surface area (TPSA) is 47.6 Å². The summed E-state index contributed by atoms with van der Waals surface area (Å²) in [5, 5.41) is 7.54. The predicted molar refractivity (Wildman–Crippen MR) is 127 cm³/mol. The first-order valence-corrected chi connectivity index (χ1v) is 11.5. The van der Waals surface area contributed by atoms with Gasteiger partial charge in [0.25, 0.3) is 0 Å². The second-order valence-corrected chi connectivity index (χ2v) is 8.42. The van der Waals surface area contributed by atoms with Gasteiger partial charge in [0, 0.05) is 31.1 Å². The van der Waals surface area contributed by atoms with Crippen LogP contribution in [0.1, 0.15) is 6.42 Å². The van der Waals surface area contributed by atoms with Crippen LogP contribution in [-0.2, 0) is 4.79 Å². The molecule has 0 atom stereocenters. The van der Waals surface area contributed by atoms with Gasteiger partial charge in [-0.05, 0) is 49.2 Å². The molecule has 0 aliphatic carbocycles. The Balaban J connectivity index is 1.51. The zero-order chi connectivity index (χ0) is 20.6. The van der Waals surface area contributed by atoms with E-state index in [4.69, 9.17) is 23.8 Å². The van der Waals surface area contributed by atoms with Gasteiger partial charge in [-0.25, -0.2) is 0 Å². The third-order valence-corrected chi connectivity index (χ3v) is 6.23. The van der Waals surface area contributed by atoms with E-state index in [1.54, 1.807) is 23.9 Å². The highest BCUT2D eigenvalue weighted by molar-refractivity contribution is 7.98. The van der Waals surface area contributed by atoms with Crippen LogP contribution in [0.25, 0.3) is 0 Å². The maximum atomic E-state index is 12.4. The van der Waals surface area contributed by atoms with E-state index in [0.717, 1.165) is 43.4 Å². The lowest BCUT2D eigenvalue weighted by Gasteiger charge is -2.25. The van der Waals surface area contributed by atoms with E-state index in [2.05, 4.69) is 32.8 Å². The van der Waals surface area contributed by atoms with Crippen LogP contribution in [0.2, 0.25) is 5.02 Å². The molecule has 1 fully saturated rings. The minimum Gasteiger partial charge on any atom is -0.348 e. The van der Waals surface area contributed by atoms with Crippen molar-refractivity contribution in [3.05, 3.63) is 53.6 Å². The molecule has 1 saturated heterocycles. The molecule has 2 N–H and O–H groups in total. The van der Waals surface area contributed by atoms with Crippen LogP contribution < -0.4 is 10.6 Å². The van der Waals surface area contributed by atoms with Crippen LogP contribution in [0.4, 0.5) is 11.4 Å². The highest BCUT2D eigenvalue weighted by atomic mass is 35.5. The Labute approximate surface area is 186 Å². The number of carbonyl (C=O) groups is 1. The van der Waals surface area contributed by atoms with Crippen LogP contribution >= 0.6 is 35.6 Å². The smallest absolute Gasteiger partial charge is 0.238 e. The summed E-state index contributed by atoms with van der Waals surface area (Å²) < 4.78 is 0. The molecule has 0 unspecified atom stereocenters. The van der Waals surface area contributed by atoms with Gasteiger partial charge in [0.1, 0.15) is 0 Å². The van der Waals surface area contributed by atoms with Crippen molar-refractivity contribution in [1.82, 2.24) is 9.80 Å². The van der Waals surface area contributed by atoms with Crippen molar-refractivity contribution in [2.75, 3.05) is 49.6 Å². The van der Waals surface area contributed by atoms with E-state index in [1.807, 2.05) is 30.3 Å². The summed E-state index contributed by atoms with van der Waals surface area (Å²) in [7, 11) is 0. The average molecular weight is 449 g/mol. The van der Waals surface area contributed by atoms with Crippen molar-refractivity contribution in [3.63, 3.8) is 0 Å². The molecule has 0 aromatic heterocycles. The Bertz CT molecular complexity index is 864. The van der Waals surface area contributed by atoms with Gasteiger partial charge in [-0.2, -0.15) is 0 Å². The first-order valence-electron chi connectivity index (χ1n) is 9.52. The number of amides is 1. The fourth-order valence-corrected chi connectivity index (χ4v) is 4.26. The van der Waals surface area contributed by atoms with Gasteiger partial charge in [-0.1, -0.05) is 35.9 Å². The molecule has 0 saturated carbocycles. The van der Waals surface area contributed by atoms with E-state index in [0.29, 0.717) is 17.3 Å². The van der Waals surface area contributed by atoms with Gasteiger partial charge >= 0.3 is 0 Å². The van der Waals surface area contributed by atoms with Crippen LogP contribution in [0.15, 0.2) is 53.4 Å². The Morgan fingerprint density at radius 3 is 2.52 bits per heavy atom. The summed E-state index contributed by atoms with van der Waals surface area (Å²) >= 11 is 13.5. The number of benzene rings is 2. The molecule has 0 bridgehead atoms. The zero-order valence-electron chi connectivity index (χ0n) is 16.4. The molecule has 1 heterocycles. The lowest BCUT2D eigenvalue weighted by Crippen LogP contribution is -2.39. The van der Waals surface area contributed by atoms with E-state index in [-0.39, 0.29) is 5.91 Å². The van der Waals surface area contributed by atoms with Crippen molar-refractivity contribution < 1.29 is 4.79 Å². The van der Waals surface area contributed by atoms with Crippen molar-refractivity contribution in [2.45, 2.75) is 11.3 Å². The summed E-state index contributed by atoms with van der Waals surface area (Å²) in [4.78, 5) is 17.9. The Morgan fingerprint density at radius 2 is 1.76 bits per heavy atom. The molecule has 1 amide bonds. The molecular weight excluding hydrogens is 424 g/mol. The van der Waals surface area contributed by atoms with Crippen molar-refractivity contribution in [3.8, 4) is 0 Å². The van der Waals surface area contributed by atoms with Crippen molar-refractivity contribution in [2.24, 2.45) is 0 Å². The van der Waals surface area contributed by atoms with Gasteiger partial charge in [-0.15, -0.1) is 11.8 Å². The third-order valence-electron chi connectivity index (χ3n) is 4.74. The molecule has 29 heavy (non-hydrogen) atoms. The highest BCUT2D eigenvalue weighted by Crippen LogP contribution is 2.25. The number of anilines is 2. The monoisotopic (exact) mass is 448 g/mol. The van der Waals surface area contributed by atoms with Crippen LogP contribution in [0, 0.1) is 0 Å². The molecule has 1 aliphatic rings. The summed E-state index contributed by atoms with van der Waals surface area (Å²) in [5.74, 6) is -0.0545. The normalized spacial score (nSPS) is 14.9. The SMILES string of the molecule is CSc1ccccc1NC(=S)N1CCCN(CC(=O)Nc2ccccc2Cl)CC1. The molecule has 2 aromatic rings. The summed E-state index contributed by atoms with van der Waals surface area (Å²) in [6.07, 6.45) is 3.01. The largest absolute Gasteiger partial charge is 0.348 e. The maximum absolute atomic E-state index is 12.4. The molecule has 0 spiro atoms. The molecule has 0 radical (unpaired) electrons. The number of thiocarbonyl (C=S) groups is 1. The minimum absolute atomic E-state index is 0.0545. The van der Waals surface area contributed by atoms with Gasteiger partial charge in [0.15, 0.2) is 5.11 Å². The van der Waals surface area contributed by atoms with Crippen molar-refractivity contribution >= 4 is 58.0 Å². The Kier molecular flexibility index (Phi) is 8.18. The van der Waals surface area contributed by atoms with Gasteiger partial charge in [0.2, 0.25) is 5.91 Å². The number of halogens is 1. The minimum atomic E-state index is -0.0545. The first-order chi connectivity index (χ1) is 14.1.